The van der Waals surface area contributed by atoms with Crippen molar-refractivity contribution in [2.45, 2.75) is 18.9 Å². The molecule has 0 spiro atoms. The molecule has 2 aromatic carbocycles. The van der Waals surface area contributed by atoms with Crippen molar-refractivity contribution in [3.63, 3.8) is 0 Å². The summed E-state index contributed by atoms with van der Waals surface area (Å²) in [5.41, 5.74) is 1.15. The molecule has 0 unspecified atom stereocenters. The number of hydrogen-bond acceptors (Lipinski definition) is 3. The lowest BCUT2D eigenvalue weighted by Gasteiger charge is -2.12. The molecule has 1 aliphatic rings. The van der Waals surface area contributed by atoms with Crippen LogP contribution in [0.1, 0.15) is 23.2 Å². The molecule has 4 nitrogen and oxygen atoms in total. The van der Waals surface area contributed by atoms with E-state index >= 15 is 0 Å². The summed E-state index contributed by atoms with van der Waals surface area (Å²) in [6, 6.07) is 14.2. The number of nitrogens with one attached hydrogen (secondary N) is 1. The van der Waals surface area contributed by atoms with E-state index in [0.29, 0.717) is 22.9 Å². The van der Waals surface area contributed by atoms with Crippen molar-refractivity contribution in [1.29, 1.82) is 0 Å². The van der Waals surface area contributed by atoms with Gasteiger partial charge in [-0.3, -0.25) is 4.79 Å². The Kier molecular flexibility index (Phi) is 5.16. The first kappa shape index (κ1) is 15.8. The van der Waals surface area contributed by atoms with Gasteiger partial charge in [0.2, 0.25) is 0 Å². The summed E-state index contributed by atoms with van der Waals surface area (Å²) < 4.78 is 11.2. The zero-order chi connectivity index (χ0) is 16.1. The molecule has 1 heterocycles. The summed E-state index contributed by atoms with van der Waals surface area (Å²) in [5.74, 6) is 0.528. The van der Waals surface area contributed by atoms with E-state index in [1.807, 2.05) is 12.1 Å². The van der Waals surface area contributed by atoms with E-state index in [-0.39, 0.29) is 12.0 Å². The van der Waals surface area contributed by atoms with E-state index in [0.717, 1.165) is 25.2 Å². The zero-order valence-corrected chi connectivity index (χ0v) is 13.4. The molecule has 1 saturated heterocycles. The molecule has 0 saturated carbocycles. The van der Waals surface area contributed by atoms with Gasteiger partial charge in [0, 0.05) is 12.3 Å². The van der Waals surface area contributed by atoms with E-state index in [1.165, 1.54) is 0 Å². The molecule has 120 valence electrons. The van der Waals surface area contributed by atoms with Crippen molar-refractivity contribution >= 4 is 23.2 Å². The number of anilines is 1. The predicted octanol–water partition coefficient (Wildman–Crippen LogP) is 4.15. The van der Waals surface area contributed by atoms with E-state index < -0.39 is 0 Å². The third kappa shape index (κ3) is 4.24. The van der Waals surface area contributed by atoms with Gasteiger partial charge in [-0.15, -0.1) is 0 Å². The van der Waals surface area contributed by atoms with Gasteiger partial charge in [0.15, 0.2) is 0 Å². The van der Waals surface area contributed by atoms with Crippen LogP contribution in [-0.4, -0.2) is 25.2 Å². The largest absolute Gasteiger partial charge is 0.491 e. The van der Waals surface area contributed by atoms with Gasteiger partial charge in [0.05, 0.1) is 16.7 Å². The van der Waals surface area contributed by atoms with Crippen molar-refractivity contribution < 1.29 is 14.3 Å². The summed E-state index contributed by atoms with van der Waals surface area (Å²) in [7, 11) is 0. The molecule has 0 bridgehead atoms. The minimum atomic E-state index is -0.233. The van der Waals surface area contributed by atoms with Crippen LogP contribution in [0, 0.1) is 0 Å². The van der Waals surface area contributed by atoms with Gasteiger partial charge in [0.1, 0.15) is 12.4 Å². The molecule has 23 heavy (non-hydrogen) atoms. The number of rotatable bonds is 5. The number of ether oxygens (including phenoxy) is 2. The smallest absolute Gasteiger partial charge is 0.257 e. The molecule has 0 radical (unpaired) electrons. The molecule has 1 atom stereocenters. The molecular formula is C18H18ClNO3. The van der Waals surface area contributed by atoms with Gasteiger partial charge in [-0.05, 0) is 49.2 Å². The van der Waals surface area contributed by atoms with Crippen molar-refractivity contribution in [3.05, 3.63) is 59.1 Å². The van der Waals surface area contributed by atoms with E-state index in [2.05, 4.69) is 5.32 Å². The summed E-state index contributed by atoms with van der Waals surface area (Å²) in [5, 5.41) is 3.25. The highest BCUT2D eigenvalue weighted by Crippen LogP contribution is 2.20. The molecule has 1 amide bonds. The summed E-state index contributed by atoms with van der Waals surface area (Å²) in [4.78, 5) is 12.2. The van der Waals surface area contributed by atoms with Gasteiger partial charge in [-0.2, -0.15) is 0 Å². The second-order valence-electron chi connectivity index (χ2n) is 5.40. The van der Waals surface area contributed by atoms with Crippen LogP contribution < -0.4 is 10.1 Å². The van der Waals surface area contributed by atoms with Crippen LogP contribution in [0.3, 0.4) is 0 Å². The van der Waals surface area contributed by atoms with E-state index in [9.17, 15) is 4.79 Å². The standard InChI is InChI=1S/C18H18ClNO3/c19-17-6-2-1-5-16(17)18(21)20-13-7-9-14(10-8-13)23-12-15-4-3-11-22-15/h1-2,5-10,15H,3-4,11-12H2,(H,20,21)/t15-/m0/s1. The first-order chi connectivity index (χ1) is 11.2. The minimum Gasteiger partial charge on any atom is -0.491 e. The molecule has 0 aliphatic carbocycles. The van der Waals surface area contributed by atoms with Crippen LogP contribution in [-0.2, 0) is 4.74 Å². The Bertz CT molecular complexity index is 666. The highest BCUT2D eigenvalue weighted by molar-refractivity contribution is 6.34. The van der Waals surface area contributed by atoms with Crippen molar-refractivity contribution in [2.75, 3.05) is 18.5 Å². The maximum atomic E-state index is 12.2. The van der Waals surface area contributed by atoms with Crippen LogP contribution in [0.4, 0.5) is 5.69 Å². The number of carbonyl (C=O) groups is 1. The Morgan fingerprint density at radius 1 is 1.22 bits per heavy atom. The molecule has 2 aromatic rings. The molecule has 1 aliphatic heterocycles. The van der Waals surface area contributed by atoms with Gasteiger partial charge >= 0.3 is 0 Å². The molecule has 0 aromatic heterocycles. The normalized spacial score (nSPS) is 17.0. The van der Waals surface area contributed by atoms with Crippen LogP contribution in [0.15, 0.2) is 48.5 Å². The molecule has 1 fully saturated rings. The number of amides is 1. The number of benzene rings is 2. The second kappa shape index (κ2) is 7.49. The Morgan fingerprint density at radius 2 is 2.00 bits per heavy atom. The molecule has 1 N–H and O–H groups in total. The predicted molar refractivity (Wildman–Crippen MR) is 90.3 cm³/mol. The summed E-state index contributed by atoms with van der Waals surface area (Å²) in [6.07, 6.45) is 2.34. The van der Waals surface area contributed by atoms with Crippen molar-refractivity contribution in [1.82, 2.24) is 0 Å². The Morgan fingerprint density at radius 3 is 2.70 bits per heavy atom. The van der Waals surface area contributed by atoms with Crippen LogP contribution in [0.2, 0.25) is 5.02 Å². The second-order valence-corrected chi connectivity index (χ2v) is 5.81. The van der Waals surface area contributed by atoms with Crippen LogP contribution in [0.25, 0.3) is 0 Å². The topological polar surface area (TPSA) is 47.6 Å². The van der Waals surface area contributed by atoms with Gasteiger partial charge in [-0.25, -0.2) is 0 Å². The Hall–Kier alpha value is -2.04. The number of hydrogen-bond donors (Lipinski definition) is 1. The third-order valence-corrected chi connectivity index (χ3v) is 4.02. The van der Waals surface area contributed by atoms with Crippen molar-refractivity contribution in [2.24, 2.45) is 0 Å². The maximum Gasteiger partial charge on any atom is 0.257 e. The van der Waals surface area contributed by atoms with Crippen LogP contribution in [0.5, 0.6) is 5.75 Å². The molecular weight excluding hydrogens is 314 g/mol. The lowest BCUT2D eigenvalue weighted by molar-refractivity contribution is 0.0679. The summed E-state index contributed by atoms with van der Waals surface area (Å²) in [6.45, 7) is 1.38. The van der Waals surface area contributed by atoms with Crippen molar-refractivity contribution in [3.8, 4) is 5.75 Å². The maximum absolute atomic E-state index is 12.2. The zero-order valence-electron chi connectivity index (χ0n) is 12.6. The summed E-state index contributed by atoms with van der Waals surface area (Å²) >= 11 is 6.02. The Balaban J connectivity index is 1.56. The molecule has 5 heteroatoms. The highest BCUT2D eigenvalue weighted by atomic mass is 35.5. The lowest BCUT2D eigenvalue weighted by atomic mass is 10.2. The van der Waals surface area contributed by atoms with E-state index in [4.69, 9.17) is 21.1 Å². The average Bonchev–Trinajstić information content (AvgIpc) is 3.08. The number of halogens is 1. The fourth-order valence-corrected chi connectivity index (χ4v) is 2.66. The lowest BCUT2D eigenvalue weighted by Crippen LogP contribution is -2.16. The average molecular weight is 332 g/mol. The highest BCUT2D eigenvalue weighted by Gasteiger charge is 2.16. The quantitative estimate of drug-likeness (QED) is 0.895. The van der Waals surface area contributed by atoms with E-state index in [1.54, 1.807) is 36.4 Å². The minimum absolute atomic E-state index is 0.189. The molecule has 3 rings (SSSR count). The van der Waals surface area contributed by atoms with Gasteiger partial charge in [0.25, 0.3) is 5.91 Å². The number of carbonyl (C=O) groups excluding carboxylic acids is 1. The van der Waals surface area contributed by atoms with Gasteiger partial charge in [-0.1, -0.05) is 23.7 Å². The van der Waals surface area contributed by atoms with Gasteiger partial charge < -0.3 is 14.8 Å². The first-order valence-corrected chi connectivity index (χ1v) is 8.00. The monoisotopic (exact) mass is 331 g/mol. The fraction of sp³-hybridized carbons (Fsp3) is 0.278. The Labute approximate surface area is 140 Å². The van der Waals surface area contributed by atoms with Crippen LogP contribution >= 0.6 is 11.6 Å². The third-order valence-electron chi connectivity index (χ3n) is 3.69. The fourth-order valence-electron chi connectivity index (χ4n) is 2.44. The first-order valence-electron chi connectivity index (χ1n) is 7.63. The SMILES string of the molecule is O=C(Nc1ccc(OC[C@@H]2CCCO2)cc1)c1ccccc1Cl.